The molecular weight excluding hydrogens is 567 g/mol. The monoisotopic (exact) mass is 598 g/mol. The second-order valence-electron chi connectivity index (χ2n) is 9.74. The average Bonchev–Trinajstić information content (AvgIpc) is 3.46. The fourth-order valence-electron chi connectivity index (χ4n) is 4.36. The van der Waals surface area contributed by atoms with Gasteiger partial charge in [-0.3, -0.25) is 9.69 Å². The fraction of sp³-hybridized carbons (Fsp3) is 0.500. The molecule has 212 valence electrons. The first-order chi connectivity index (χ1) is 18.4. The van der Waals surface area contributed by atoms with E-state index in [1.54, 1.807) is 20.1 Å². The van der Waals surface area contributed by atoms with Gasteiger partial charge in [-0.15, -0.1) is 0 Å². The van der Waals surface area contributed by atoms with Gasteiger partial charge in [-0.25, -0.2) is 14.8 Å². The van der Waals surface area contributed by atoms with Crippen LogP contribution < -0.4 is 15.5 Å². The number of amidine groups is 1. The van der Waals surface area contributed by atoms with Gasteiger partial charge in [0.1, 0.15) is 22.1 Å². The summed E-state index contributed by atoms with van der Waals surface area (Å²) in [5, 5.41) is 17.3. The van der Waals surface area contributed by atoms with E-state index in [-0.39, 0.29) is 39.9 Å². The zero-order valence-electron chi connectivity index (χ0n) is 22.5. The number of likely N-dealkylation sites (N-methyl/N-ethyl adjacent to an activating group) is 1. The van der Waals surface area contributed by atoms with E-state index in [2.05, 4.69) is 20.6 Å². The maximum absolute atomic E-state index is 12.9. The lowest BCUT2D eigenvalue weighted by Gasteiger charge is -2.37. The highest BCUT2D eigenvalue weighted by Gasteiger charge is 2.34. The van der Waals surface area contributed by atoms with Crippen LogP contribution in [0.2, 0.25) is 10.0 Å². The normalized spacial score (nSPS) is 21.4. The van der Waals surface area contributed by atoms with E-state index in [0.29, 0.717) is 52.6 Å². The number of rotatable bonds is 7. The minimum absolute atomic E-state index is 0.124. The van der Waals surface area contributed by atoms with Crippen LogP contribution in [0.1, 0.15) is 38.0 Å². The smallest absolute Gasteiger partial charge is 0.348 e. The first kappa shape index (κ1) is 29.2. The van der Waals surface area contributed by atoms with Gasteiger partial charge in [0.15, 0.2) is 11.4 Å². The van der Waals surface area contributed by atoms with Crippen molar-refractivity contribution in [2.24, 2.45) is 4.99 Å². The van der Waals surface area contributed by atoms with Gasteiger partial charge in [0, 0.05) is 46.1 Å². The highest BCUT2D eigenvalue weighted by Crippen LogP contribution is 2.33. The minimum Gasteiger partial charge on any atom is -0.477 e. The Morgan fingerprint density at radius 3 is 2.54 bits per heavy atom. The molecule has 1 fully saturated rings. The molecule has 15 heteroatoms. The number of hydrogen-bond donors (Lipinski definition) is 4. The van der Waals surface area contributed by atoms with Crippen LogP contribution in [-0.2, 0) is 4.74 Å². The molecule has 0 spiro atoms. The SMILES string of the molecule is CO[C@H]1CN(c2nc(C3=CC(N(C)C)=NC(N(C)C)N3)c(C(=O)O)s2)CC[C@H]1NC(=O)c1[nH]c(C)c(Cl)c1Cl. The van der Waals surface area contributed by atoms with E-state index in [4.69, 9.17) is 32.9 Å². The van der Waals surface area contributed by atoms with Crippen LogP contribution in [0.15, 0.2) is 11.1 Å². The number of hydrogen-bond acceptors (Lipinski definition) is 10. The Morgan fingerprint density at radius 1 is 1.26 bits per heavy atom. The van der Waals surface area contributed by atoms with Crippen molar-refractivity contribution >= 4 is 63.1 Å². The lowest BCUT2D eigenvalue weighted by atomic mass is 10.0. The van der Waals surface area contributed by atoms with Crippen molar-refractivity contribution in [2.45, 2.75) is 31.8 Å². The number of halogens is 2. The molecule has 0 aliphatic carbocycles. The number of piperidine rings is 1. The number of carboxylic acids is 1. The third kappa shape index (κ3) is 6.02. The standard InChI is InChI=1S/C24H32Cl2N8O4S/c1-11-16(25)17(26)19(27-11)21(35)28-12-7-8-34(10-14(12)38-6)24-31-18(20(39-24)22(36)37)13-9-15(32(2)3)30-23(29-13)33(4)5/h9,12,14,23,27,29H,7-8,10H2,1-6H3,(H,28,35)(H,36,37)/t12-,14+,23?/m1/s1. The molecule has 1 saturated heterocycles. The van der Waals surface area contributed by atoms with Crippen LogP contribution >= 0.6 is 34.5 Å². The van der Waals surface area contributed by atoms with Gasteiger partial charge < -0.3 is 35.3 Å². The van der Waals surface area contributed by atoms with Gasteiger partial charge in [0.2, 0.25) is 0 Å². The lowest BCUT2D eigenvalue weighted by Crippen LogP contribution is -2.55. The number of carbonyl (C=O) groups excluding carboxylic acids is 1. The van der Waals surface area contributed by atoms with Crippen molar-refractivity contribution < 1.29 is 19.4 Å². The maximum atomic E-state index is 12.9. The van der Waals surface area contributed by atoms with Crippen LogP contribution in [-0.4, -0.2) is 109 Å². The zero-order chi connectivity index (χ0) is 28.6. The molecule has 12 nitrogen and oxygen atoms in total. The first-order valence-corrected chi connectivity index (χ1v) is 13.7. The van der Waals surface area contributed by atoms with Crippen LogP contribution in [0, 0.1) is 6.92 Å². The molecule has 4 rings (SSSR count). The number of aromatic nitrogens is 2. The number of carbonyl (C=O) groups is 2. The van der Waals surface area contributed by atoms with E-state index < -0.39 is 5.97 Å². The number of H-pyrrole nitrogens is 1. The van der Waals surface area contributed by atoms with Crippen molar-refractivity contribution in [3.8, 4) is 0 Å². The van der Waals surface area contributed by atoms with Crippen LogP contribution in [0.25, 0.3) is 5.70 Å². The summed E-state index contributed by atoms with van der Waals surface area (Å²) < 4.78 is 5.72. The zero-order valence-corrected chi connectivity index (χ0v) is 24.8. The number of aryl methyl sites for hydroxylation is 1. The summed E-state index contributed by atoms with van der Waals surface area (Å²) in [6.07, 6.45) is 1.60. The van der Waals surface area contributed by atoms with E-state index in [1.807, 2.05) is 42.9 Å². The van der Waals surface area contributed by atoms with Crippen molar-refractivity contribution in [1.82, 2.24) is 30.4 Å². The van der Waals surface area contributed by atoms with Crippen LogP contribution in [0.4, 0.5) is 5.13 Å². The lowest BCUT2D eigenvalue weighted by molar-refractivity contribution is 0.0540. The molecule has 4 N–H and O–H groups in total. The molecule has 2 aliphatic rings. The van der Waals surface area contributed by atoms with Gasteiger partial charge in [-0.05, 0) is 27.4 Å². The van der Waals surface area contributed by atoms with E-state index in [9.17, 15) is 14.7 Å². The molecule has 1 unspecified atom stereocenters. The molecule has 2 aliphatic heterocycles. The first-order valence-electron chi connectivity index (χ1n) is 12.2. The van der Waals surface area contributed by atoms with Gasteiger partial charge in [0.25, 0.3) is 5.91 Å². The number of ether oxygens (including phenoxy) is 1. The van der Waals surface area contributed by atoms with Gasteiger partial charge in [0.05, 0.1) is 27.9 Å². The topological polar surface area (TPSA) is 138 Å². The van der Waals surface area contributed by atoms with Crippen molar-refractivity contribution in [3.63, 3.8) is 0 Å². The van der Waals surface area contributed by atoms with Crippen molar-refractivity contribution in [2.75, 3.05) is 53.3 Å². The number of aromatic amines is 1. The molecule has 0 radical (unpaired) electrons. The molecule has 2 aromatic heterocycles. The fourth-order valence-corrected chi connectivity index (χ4v) is 5.74. The summed E-state index contributed by atoms with van der Waals surface area (Å²) in [5.74, 6) is -0.735. The Morgan fingerprint density at radius 2 is 1.97 bits per heavy atom. The number of thiazole rings is 1. The van der Waals surface area contributed by atoms with Gasteiger partial charge in [-0.2, -0.15) is 0 Å². The number of carboxylic acid groups (broad SMARTS) is 1. The van der Waals surface area contributed by atoms with Crippen LogP contribution in [0.5, 0.6) is 0 Å². The van der Waals surface area contributed by atoms with Gasteiger partial charge in [-0.1, -0.05) is 34.5 Å². The Labute approximate surface area is 240 Å². The summed E-state index contributed by atoms with van der Waals surface area (Å²) in [6, 6.07) is -0.294. The quantitative estimate of drug-likeness (QED) is 0.378. The number of nitrogens with zero attached hydrogens (tertiary/aromatic N) is 5. The number of amides is 1. The maximum Gasteiger partial charge on any atom is 0.348 e. The highest BCUT2D eigenvalue weighted by molar-refractivity contribution is 7.17. The summed E-state index contributed by atoms with van der Waals surface area (Å²) in [6.45, 7) is 2.68. The summed E-state index contributed by atoms with van der Waals surface area (Å²) in [4.78, 5) is 43.3. The number of aromatic carboxylic acids is 1. The molecule has 1 amide bonds. The molecule has 0 bridgehead atoms. The predicted octanol–water partition coefficient (Wildman–Crippen LogP) is 2.56. The van der Waals surface area contributed by atoms with E-state index in [0.717, 1.165) is 11.3 Å². The largest absolute Gasteiger partial charge is 0.477 e. The third-order valence-electron chi connectivity index (χ3n) is 6.56. The van der Waals surface area contributed by atoms with Crippen molar-refractivity contribution in [3.05, 3.63) is 38.1 Å². The number of nitrogens with one attached hydrogen (secondary N) is 3. The summed E-state index contributed by atoms with van der Waals surface area (Å²) >= 11 is 13.4. The second kappa shape index (κ2) is 11.7. The van der Waals surface area contributed by atoms with Gasteiger partial charge >= 0.3 is 5.97 Å². The Hall–Kier alpha value is -2.84. The Bertz CT molecular complexity index is 1320. The minimum atomic E-state index is -1.06. The second-order valence-corrected chi connectivity index (χ2v) is 11.5. The average molecular weight is 600 g/mol. The summed E-state index contributed by atoms with van der Waals surface area (Å²) in [7, 11) is 9.10. The Kier molecular flexibility index (Phi) is 8.76. The van der Waals surface area contributed by atoms with E-state index in [1.165, 1.54) is 0 Å². The number of anilines is 1. The third-order valence-corrected chi connectivity index (χ3v) is 8.61. The number of aliphatic imine (C=N–C) groups is 1. The highest BCUT2D eigenvalue weighted by atomic mass is 35.5. The molecule has 0 saturated carbocycles. The predicted molar refractivity (Wildman–Crippen MR) is 153 cm³/mol. The Balaban J connectivity index is 1.55. The number of methoxy groups -OCH3 is 1. The van der Waals surface area contributed by atoms with Crippen molar-refractivity contribution in [1.29, 1.82) is 0 Å². The molecule has 39 heavy (non-hydrogen) atoms. The molecule has 0 aromatic carbocycles. The molecular formula is C24H32Cl2N8O4S. The summed E-state index contributed by atoms with van der Waals surface area (Å²) in [5.41, 5.74) is 1.75. The van der Waals surface area contributed by atoms with E-state index >= 15 is 0 Å². The molecule has 2 aromatic rings. The molecule has 3 atom stereocenters. The molecule has 4 heterocycles. The van der Waals surface area contributed by atoms with Crippen LogP contribution in [0.3, 0.4) is 0 Å².